The number of hydrogen-bond acceptors (Lipinski definition) is 2. The van der Waals surface area contributed by atoms with E-state index in [-0.39, 0.29) is 0 Å². The minimum Gasteiger partial charge on any atom is -0.388 e. The first-order valence-electron chi connectivity index (χ1n) is 6.10. The van der Waals surface area contributed by atoms with Gasteiger partial charge >= 0.3 is 6.18 Å². The fourth-order valence-corrected chi connectivity index (χ4v) is 3.20. The Labute approximate surface area is 133 Å². The molecule has 2 rings (SSSR count). The number of alkyl halides is 3. The zero-order chi connectivity index (χ0) is 15.5. The van der Waals surface area contributed by atoms with Crippen LogP contribution in [0.25, 0.3) is 0 Å². The molecule has 0 aliphatic carbocycles. The molecule has 0 saturated heterocycles. The fraction of sp³-hybridized carbons (Fsp3) is 0.200. The summed E-state index contributed by atoms with van der Waals surface area (Å²) in [5, 5.41) is 10.0. The van der Waals surface area contributed by atoms with Crippen molar-refractivity contribution in [2.45, 2.75) is 17.2 Å². The molecule has 21 heavy (non-hydrogen) atoms. The normalized spacial score (nSPS) is 13.2. The van der Waals surface area contributed by atoms with Gasteiger partial charge in [0.15, 0.2) is 0 Å². The van der Waals surface area contributed by atoms with E-state index < -0.39 is 17.8 Å². The lowest BCUT2D eigenvalue weighted by molar-refractivity contribution is -0.137. The van der Waals surface area contributed by atoms with Crippen LogP contribution in [-0.4, -0.2) is 10.9 Å². The Bertz CT molecular complexity index is 599. The van der Waals surface area contributed by atoms with Crippen molar-refractivity contribution in [3.05, 3.63) is 64.1 Å². The minimum absolute atomic E-state index is 0.377. The van der Waals surface area contributed by atoms with Crippen molar-refractivity contribution in [2.24, 2.45) is 0 Å². The molecular weight excluding hydrogens is 365 g/mol. The highest BCUT2D eigenvalue weighted by atomic mass is 79.9. The second-order valence-electron chi connectivity index (χ2n) is 4.40. The Morgan fingerprint density at radius 2 is 1.76 bits per heavy atom. The van der Waals surface area contributed by atoms with Gasteiger partial charge in [-0.1, -0.05) is 34.1 Å². The number of aliphatic hydroxyl groups excluding tert-OH is 1. The van der Waals surface area contributed by atoms with Crippen LogP contribution in [0.5, 0.6) is 0 Å². The van der Waals surface area contributed by atoms with E-state index >= 15 is 0 Å². The average Bonchev–Trinajstić information content (AvgIpc) is 2.44. The standard InChI is InChI=1S/C15H12BrF3OS/c16-12-2-1-3-13(8-12)21-9-14(20)10-4-6-11(7-5-10)15(17,18)19/h1-8,14,20H,9H2. The number of halogens is 4. The maximum Gasteiger partial charge on any atom is 0.416 e. The van der Waals surface area contributed by atoms with Crippen LogP contribution in [0, 0.1) is 0 Å². The number of rotatable bonds is 4. The molecule has 112 valence electrons. The molecule has 1 nitrogen and oxygen atoms in total. The number of benzene rings is 2. The molecule has 1 unspecified atom stereocenters. The highest BCUT2D eigenvalue weighted by molar-refractivity contribution is 9.10. The third kappa shape index (κ3) is 4.76. The highest BCUT2D eigenvalue weighted by Crippen LogP contribution is 2.31. The van der Waals surface area contributed by atoms with Crippen LogP contribution in [-0.2, 0) is 6.18 Å². The van der Waals surface area contributed by atoms with Gasteiger partial charge in [-0.15, -0.1) is 11.8 Å². The van der Waals surface area contributed by atoms with Crippen LogP contribution >= 0.6 is 27.7 Å². The van der Waals surface area contributed by atoms with Gasteiger partial charge < -0.3 is 5.11 Å². The van der Waals surface area contributed by atoms with Gasteiger partial charge in [-0.2, -0.15) is 13.2 Å². The van der Waals surface area contributed by atoms with Crippen molar-refractivity contribution >= 4 is 27.7 Å². The van der Waals surface area contributed by atoms with Gasteiger partial charge in [0.2, 0.25) is 0 Å². The third-order valence-electron chi connectivity index (χ3n) is 2.83. The summed E-state index contributed by atoms with van der Waals surface area (Å²) in [6.45, 7) is 0. The Morgan fingerprint density at radius 3 is 2.33 bits per heavy atom. The first-order valence-corrected chi connectivity index (χ1v) is 7.88. The average molecular weight is 377 g/mol. The van der Waals surface area contributed by atoms with Crippen molar-refractivity contribution in [3.63, 3.8) is 0 Å². The van der Waals surface area contributed by atoms with Gasteiger partial charge in [0, 0.05) is 15.1 Å². The molecule has 0 aliphatic heterocycles. The van der Waals surface area contributed by atoms with Crippen LogP contribution in [0.4, 0.5) is 13.2 Å². The summed E-state index contributed by atoms with van der Waals surface area (Å²) in [7, 11) is 0. The van der Waals surface area contributed by atoms with Crippen molar-refractivity contribution in [2.75, 3.05) is 5.75 Å². The van der Waals surface area contributed by atoms with E-state index in [0.717, 1.165) is 21.5 Å². The minimum atomic E-state index is -4.35. The molecule has 6 heteroatoms. The van der Waals surface area contributed by atoms with E-state index in [0.29, 0.717) is 11.3 Å². The molecule has 1 N–H and O–H groups in total. The molecule has 1 atom stereocenters. The van der Waals surface area contributed by atoms with E-state index in [1.807, 2.05) is 24.3 Å². The number of thioether (sulfide) groups is 1. The first-order chi connectivity index (χ1) is 9.86. The van der Waals surface area contributed by atoms with E-state index in [1.54, 1.807) is 0 Å². The molecule has 0 spiro atoms. The Morgan fingerprint density at radius 1 is 1.10 bits per heavy atom. The Hall–Kier alpha value is -0.980. The van der Waals surface area contributed by atoms with Crippen LogP contribution in [0.2, 0.25) is 0 Å². The molecule has 0 heterocycles. The van der Waals surface area contributed by atoms with Crippen molar-refractivity contribution in [1.82, 2.24) is 0 Å². The quantitative estimate of drug-likeness (QED) is 0.731. The molecule has 2 aromatic rings. The second-order valence-corrected chi connectivity index (χ2v) is 6.41. The topological polar surface area (TPSA) is 20.2 Å². The van der Waals surface area contributed by atoms with Crippen molar-refractivity contribution in [3.8, 4) is 0 Å². The summed E-state index contributed by atoms with van der Waals surface area (Å²) in [4.78, 5) is 0.982. The monoisotopic (exact) mass is 376 g/mol. The lowest BCUT2D eigenvalue weighted by Crippen LogP contribution is -2.06. The molecule has 0 fully saturated rings. The van der Waals surface area contributed by atoms with Crippen LogP contribution in [0.1, 0.15) is 17.2 Å². The van der Waals surface area contributed by atoms with Crippen molar-refractivity contribution in [1.29, 1.82) is 0 Å². The molecule has 0 radical (unpaired) electrons. The number of hydrogen-bond donors (Lipinski definition) is 1. The van der Waals surface area contributed by atoms with E-state index in [9.17, 15) is 18.3 Å². The molecule has 0 saturated carbocycles. The van der Waals surface area contributed by atoms with Gasteiger partial charge in [-0.25, -0.2) is 0 Å². The van der Waals surface area contributed by atoms with Gasteiger partial charge in [-0.3, -0.25) is 0 Å². The predicted molar refractivity (Wildman–Crippen MR) is 81.3 cm³/mol. The summed E-state index contributed by atoms with van der Waals surface area (Å²) < 4.78 is 38.3. The summed E-state index contributed by atoms with van der Waals surface area (Å²) in [6.07, 6.45) is -5.16. The first kappa shape index (κ1) is 16.4. The SMILES string of the molecule is OC(CSc1cccc(Br)c1)c1ccc(C(F)(F)F)cc1. The van der Waals surface area contributed by atoms with Crippen LogP contribution in [0.15, 0.2) is 57.9 Å². The summed E-state index contributed by atoms with van der Waals surface area (Å²) in [5.74, 6) is 0.377. The van der Waals surface area contributed by atoms with E-state index in [4.69, 9.17) is 0 Å². The second kappa shape index (κ2) is 6.85. The van der Waals surface area contributed by atoms with Gasteiger partial charge in [0.25, 0.3) is 0 Å². The molecule has 0 amide bonds. The molecule has 0 aromatic heterocycles. The predicted octanol–water partition coefficient (Wildman–Crippen LogP) is 5.29. The Kier molecular flexibility index (Phi) is 5.35. The van der Waals surface area contributed by atoms with Gasteiger partial charge in [0.05, 0.1) is 11.7 Å². The lowest BCUT2D eigenvalue weighted by atomic mass is 10.1. The van der Waals surface area contributed by atoms with E-state index in [1.165, 1.54) is 23.9 Å². The molecule has 0 aliphatic rings. The van der Waals surface area contributed by atoms with Crippen LogP contribution < -0.4 is 0 Å². The largest absolute Gasteiger partial charge is 0.416 e. The number of aliphatic hydroxyl groups is 1. The molecule has 0 bridgehead atoms. The summed E-state index contributed by atoms with van der Waals surface area (Å²) in [5.41, 5.74) is -0.233. The van der Waals surface area contributed by atoms with Crippen LogP contribution in [0.3, 0.4) is 0 Å². The van der Waals surface area contributed by atoms with Gasteiger partial charge in [-0.05, 0) is 35.9 Å². The maximum atomic E-state index is 12.5. The summed E-state index contributed by atoms with van der Waals surface area (Å²) >= 11 is 4.80. The maximum absolute atomic E-state index is 12.5. The van der Waals surface area contributed by atoms with Gasteiger partial charge in [0.1, 0.15) is 0 Å². The molecule has 2 aromatic carbocycles. The summed E-state index contributed by atoms with van der Waals surface area (Å²) in [6, 6.07) is 12.2. The fourth-order valence-electron chi connectivity index (χ4n) is 1.72. The Balaban J connectivity index is 1.99. The lowest BCUT2D eigenvalue weighted by Gasteiger charge is -2.12. The highest BCUT2D eigenvalue weighted by Gasteiger charge is 2.30. The zero-order valence-corrected chi connectivity index (χ0v) is 13.2. The van der Waals surface area contributed by atoms with E-state index in [2.05, 4.69) is 15.9 Å². The molecular formula is C15H12BrF3OS. The third-order valence-corrected chi connectivity index (χ3v) is 4.39. The zero-order valence-electron chi connectivity index (χ0n) is 10.8. The smallest absolute Gasteiger partial charge is 0.388 e. The van der Waals surface area contributed by atoms with Crippen molar-refractivity contribution < 1.29 is 18.3 Å².